The number of pyridine rings is 1. The zero-order valence-electron chi connectivity index (χ0n) is 9.63. The SMILES string of the molecule is NCc1cccc(C(=O)Nc2ncccc2O)c1. The summed E-state index contributed by atoms with van der Waals surface area (Å²) in [5.41, 5.74) is 6.85. The van der Waals surface area contributed by atoms with Crippen LogP contribution in [0.15, 0.2) is 42.6 Å². The molecular formula is C13H13N3O2. The van der Waals surface area contributed by atoms with Crippen LogP contribution in [0.3, 0.4) is 0 Å². The Morgan fingerprint density at radius 1 is 1.33 bits per heavy atom. The minimum atomic E-state index is -0.334. The van der Waals surface area contributed by atoms with Crippen LogP contribution in [-0.4, -0.2) is 16.0 Å². The minimum absolute atomic E-state index is 0.0687. The van der Waals surface area contributed by atoms with Gasteiger partial charge in [-0.2, -0.15) is 0 Å². The lowest BCUT2D eigenvalue weighted by atomic mass is 10.1. The Balaban J connectivity index is 2.19. The van der Waals surface area contributed by atoms with Gasteiger partial charge in [0.25, 0.3) is 5.91 Å². The highest BCUT2D eigenvalue weighted by molar-refractivity contribution is 6.04. The van der Waals surface area contributed by atoms with Crippen LogP contribution in [0.5, 0.6) is 5.75 Å². The number of hydrogen-bond donors (Lipinski definition) is 3. The Kier molecular flexibility index (Phi) is 3.54. The first-order chi connectivity index (χ1) is 8.70. The second kappa shape index (κ2) is 5.29. The highest BCUT2D eigenvalue weighted by atomic mass is 16.3. The smallest absolute Gasteiger partial charge is 0.256 e. The summed E-state index contributed by atoms with van der Waals surface area (Å²) in [4.78, 5) is 15.8. The molecule has 92 valence electrons. The van der Waals surface area contributed by atoms with E-state index in [1.165, 1.54) is 12.3 Å². The third kappa shape index (κ3) is 2.64. The van der Waals surface area contributed by atoms with E-state index in [2.05, 4.69) is 10.3 Å². The van der Waals surface area contributed by atoms with Gasteiger partial charge in [-0.25, -0.2) is 4.98 Å². The molecule has 18 heavy (non-hydrogen) atoms. The highest BCUT2D eigenvalue weighted by Gasteiger charge is 2.09. The summed E-state index contributed by atoms with van der Waals surface area (Å²) in [6.07, 6.45) is 1.49. The fourth-order valence-electron chi connectivity index (χ4n) is 1.51. The Morgan fingerprint density at radius 2 is 2.17 bits per heavy atom. The maximum Gasteiger partial charge on any atom is 0.256 e. The van der Waals surface area contributed by atoms with E-state index in [9.17, 15) is 9.90 Å². The third-order valence-corrected chi connectivity index (χ3v) is 2.44. The molecule has 0 fully saturated rings. The minimum Gasteiger partial charge on any atom is -0.504 e. The first-order valence-electron chi connectivity index (χ1n) is 5.45. The number of nitrogens with one attached hydrogen (secondary N) is 1. The second-order valence-corrected chi connectivity index (χ2v) is 3.73. The number of aromatic hydroxyl groups is 1. The normalized spacial score (nSPS) is 10.1. The molecule has 1 aromatic carbocycles. The number of hydrogen-bond acceptors (Lipinski definition) is 4. The molecule has 0 saturated carbocycles. The fraction of sp³-hybridized carbons (Fsp3) is 0.0769. The van der Waals surface area contributed by atoms with E-state index in [1.54, 1.807) is 24.3 Å². The van der Waals surface area contributed by atoms with Crippen LogP contribution in [0.2, 0.25) is 0 Å². The van der Waals surface area contributed by atoms with Gasteiger partial charge in [0, 0.05) is 18.3 Å². The zero-order valence-corrected chi connectivity index (χ0v) is 9.63. The summed E-state index contributed by atoms with van der Waals surface area (Å²) in [5.74, 6) is -0.263. The Bertz CT molecular complexity index is 570. The van der Waals surface area contributed by atoms with Crippen molar-refractivity contribution in [1.82, 2.24) is 4.98 Å². The van der Waals surface area contributed by atoms with Crippen molar-refractivity contribution in [2.45, 2.75) is 6.54 Å². The van der Waals surface area contributed by atoms with Crippen molar-refractivity contribution in [3.63, 3.8) is 0 Å². The number of amides is 1. The van der Waals surface area contributed by atoms with E-state index in [0.717, 1.165) is 5.56 Å². The zero-order chi connectivity index (χ0) is 13.0. The Morgan fingerprint density at radius 3 is 2.89 bits per heavy atom. The third-order valence-electron chi connectivity index (χ3n) is 2.44. The maximum atomic E-state index is 11.9. The number of carbonyl (C=O) groups is 1. The first kappa shape index (κ1) is 12.1. The summed E-state index contributed by atoms with van der Waals surface area (Å²) >= 11 is 0. The molecule has 0 atom stereocenters. The molecule has 4 N–H and O–H groups in total. The van der Waals surface area contributed by atoms with Gasteiger partial charge >= 0.3 is 0 Å². The quantitative estimate of drug-likeness (QED) is 0.762. The van der Waals surface area contributed by atoms with E-state index in [-0.39, 0.29) is 17.5 Å². The van der Waals surface area contributed by atoms with Crippen LogP contribution in [0.25, 0.3) is 0 Å². The lowest BCUT2D eigenvalue weighted by Gasteiger charge is -2.06. The Labute approximate surface area is 104 Å². The topological polar surface area (TPSA) is 88.2 Å². The summed E-state index contributed by atoms with van der Waals surface area (Å²) in [6, 6.07) is 10.0. The molecule has 2 aromatic rings. The molecule has 2 rings (SSSR count). The van der Waals surface area contributed by atoms with Gasteiger partial charge in [0.05, 0.1) is 0 Å². The summed E-state index contributed by atoms with van der Waals surface area (Å²) < 4.78 is 0. The van der Waals surface area contributed by atoms with Crippen LogP contribution in [0.1, 0.15) is 15.9 Å². The van der Waals surface area contributed by atoms with Crippen molar-refractivity contribution in [1.29, 1.82) is 0 Å². The monoisotopic (exact) mass is 243 g/mol. The average molecular weight is 243 g/mol. The first-order valence-corrected chi connectivity index (χ1v) is 5.45. The average Bonchev–Trinajstić information content (AvgIpc) is 2.41. The molecule has 0 unspecified atom stereocenters. The summed E-state index contributed by atoms with van der Waals surface area (Å²) in [5, 5.41) is 12.0. The van der Waals surface area contributed by atoms with Crippen molar-refractivity contribution < 1.29 is 9.90 Å². The lowest BCUT2D eigenvalue weighted by Crippen LogP contribution is -2.13. The molecule has 1 aromatic heterocycles. The molecule has 5 nitrogen and oxygen atoms in total. The largest absolute Gasteiger partial charge is 0.504 e. The van der Waals surface area contributed by atoms with Crippen LogP contribution >= 0.6 is 0 Å². The number of aromatic nitrogens is 1. The summed E-state index contributed by atoms with van der Waals surface area (Å²) in [7, 11) is 0. The van der Waals surface area contributed by atoms with Gasteiger partial charge in [-0.05, 0) is 29.8 Å². The van der Waals surface area contributed by atoms with Crippen molar-refractivity contribution in [2.75, 3.05) is 5.32 Å². The molecule has 0 bridgehead atoms. The molecule has 0 spiro atoms. The van der Waals surface area contributed by atoms with Crippen molar-refractivity contribution in [2.24, 2.45) is 5.73 Å². The number of nitrogens with zero attached hydrogens (tertiary/aromatic N) is 1. The van der Waals surface area contributed by atoms with E-state index >= 15 is 0 Å². The van der Waals surface area contributed by atoms with Crippen molar-refractivity contribution >= 4 is 11.7 Å². The molecule has 0 aliphatic carbocycles. The number of nitrogens with two attached hydrogens (primary N) is 1. The molecule has 0 saturated heterocycles. The number of rotatable bonds is 3. The van der Waals surface area contributed by atoms with Crippen LogP contribution in [0, 0.1) is 0 Å². The predicted molar refractivity (Wildman–Crippen MR) is 68.2 cm³/mol. The predicted octanol–water partition coefficient (Wildman–Crippen LogP) is 1.50. The van der Waals surface area contributed by atoms with E-state index in [0.29, 0.717) is 12.1 Å². The number of benzene rings is 1. The molecule has 1 amide bonds. The molecule has 0 radical (unpaired) electrons. The number of carbonyl (C=O) groups excluding carboxylic acids is 1. The highest BCUT2D eigenvalue weighted by Crippen LogP contribution is 2.19. The summed E-state index contributed by atoms with van der Waals surface area (Å²) in [6.45, 7) is 0.371. The molecule has 1 heterocycles. The van der Waals surface area contributed by atoms with Gasteiger partial charge < -0.3 is 16.2 Å². The molecular weight excluding hydrogens is 230 g/mol. The van der Waals surface area contributed by atoms with Crippen LogP contribution < -0.4 is 11.1 Å². The fourth-order valence-corrected chi connectivity index (χ4v) is 1.51. The van der Waals surface area contributed by atoms with E-state index < -0.39 is 0 Å². The van der Waals surface area contributed by atoms with Crippen LogP contribution in [0.4, 0.5) is 5.82 Å². The van der Waals surface area contributed by atoms with Crippen molar-refractivity contribution in [3.8, 4) is 5.75 Å². The van der Waals surface area contributed by atoms with Gasteiger partial charge in [-0.15, -0.1) is 0 Å². The maximum absolute atomic E-state index is 11.9. The second-order valence-electron chi connectivity index (χ2n) is 3.73. The van der Waals surface area contributed by atoms with Gasteiger partial charge in [0.1, 0.15) is 0 Å². The van der Waals surface area contributed by atoms with Gasteiger partial charge in [0.2, 0.25) is 0 Å². The van der Waals surface area contributed by atoms with E-state index in [1.807, 2.05) is 6.07 Å². The lowest BCUT2D eigenvalue weighted by molar-refractivity contribution is 0.102. The van der Waals surface area contributed by atoms with E-state index in [4.69, 9.17) is 5.73 Å². The van der Waals surface area contributed by atoms with Crippen molar-refractivity contribution in [3.05, 3.63) is 53.7 Å². The number of anilines is 1. The van der Waals surface area contributed by atoms with Gasteiger partial charge in [-0.1, -0.05) is 12.1 Å². The Hall–Kier alpha value is -2.40. The molecule has 0 aliphatic heterocycles. The molecule has 5 heteroatoms. The van der Waals surface area contributed by atoms with Crippen LogP contribution in [-0.2, 0) is 6.54 Å². The van der Waals surface area contributed by atoms with Gasteiger partial charge in [-0.3, -0.25) is 4.79 Å². The van der Waals surface area contributed by atoms with Gasteiger partial charge in [0.15, 0.2) is 11.6 Å². The molecule has 0 aliphatic rings. The standard InChI is InChI=1S/C13H13N3O2/c14-8-9-3-1-4-10(7-9)13(18)16-12-11(17)5-2-6-15-12/h1-7,17H,8,14H2,(H,15,16,18).